The number of hydrazine groups is 1. The zero-order valence-corrected chi connectivity index (χ0v) is 9.92. The van der Waals surface area contributed by atoms with E-state index in [-0.39, 0.29) is 11.6 Å². The summed E-state index contributed by atoms with van der Waals surface area (Å²) in [6.07, 6.45) is 2.69. The quantitative estimate of drug-likeness (QED) is 0.612. The fourth-order valence-corrected chi connectivity index (χ4v) is 2.29. The van der Waals surface area contributed by atoms with Crippen LogP contribution in [0.4, 0.5) is 8.78 Å². The van der Waals surface area contributed by atoms with E-state index in [2.05, 4.69) is 12.3 Å². The maximum absolute atomic E-state index is 13.5. The fraction of sp³-hybridized carbons (Fsp3) is 0.538. The van der Waals surface area contributed by atoms with Crippen LogP contribution in [0, 0.1) is 23.5 Å². The van der Waals surface area contributed by atoms with Crippen molar-refractivity contribution in [3.8, 4) is 0 Å². The smallest absolute Gasteiger partial charge is 0.129 e. The van der Waals surface area contributed by atoms with E-state index in [0.717, 1.165) is 0 Å². The van der Waals surface area contributed by atoms with E-state index in [9.17, 15) is 8.78 Å². The van der Waals surface area contributed by atoms with Gasteiger partial charge in [-0.1, -0.05) is 13.0 Å². The molecule has 2 rings (SSSR count). The van der Waals surface area contributed by atoms with E-state index in [1.54, 1.807) is 0 Å². The summed E-state index contributed by atoms with van der Waals surface area (Å²) in [5.41, 5.74) is 2.82. The summed E-state index contributed by atoms with van der Waals surface area (Å²) in [5.74, 6) is 5.50. The lowest BCUT2D eigenvalue weighted by atomic mass is 9.91. The Morgan fingerprint density at radius 2 is 1.94 bits per heavy atom. The Morgan fingerprint density at radius 1 is 1.35 bits per heavy atom. The monoisotopic (exact) mass is 240 g/mol. The minimum atomic E-state index is -0.492. The molecule has 3 N–H and O–H groups in total. The summed E-state index contributed by atoms with van der Waals surface area (Å²) in [6, 6.07) is 3.87. The molecule has 0 amide bonds. The van der Waals surface area contributed by atoms with Gasteiger partial charge >= 0.3 is 0 Å². The first-order valence-electron chi connectivity index (χ1n) is 6.02. The minimum absolute atomic E-state index is 0.0751. The van der Waals surface area contributed by atoms with Gasteiger partial charge in [0.2, 0.25) is 0 Å². The molecule has 1 aliphatic carbocycles. The molecule has 0 saturated heterocycles. The number of nitrogens with two attached hydrogens (primary N) is 1. The molecule has 2 unspecified atom stereocenters. The van der Waals surface area contributed by atoms with Crippen LogP contribution in [0.5, 0.6) is 0 Å². The first-order chi connectivity index (χ1) is 8.13. The van der Waals surface area contributed by atoms with E-state index in [1.165, 1.54) is 31.0 Å². The van der Waals surface area contributed by atoms with Gasteiger partial charge in [-0.15, -0.1) is 0 Å². The van der Waals surface area contributed by atoms with E-state index < -0.39 is 11.6 Å². The molecular formula is C13H18F2N2. The third kappa shape index (κ3) is 2.82. The SMILES string of the molecule is CC(C1CC1)C(Cc1c(F)cccc1F)NN. The molecule has 1 aromatic carbocycles. The molecule has 0 bridgehead atoms. The molecule has 1 aliphatic rings. The molecule has 17 heavy (non-hydrogen) atoms. The molecular weight excluding hydrogens is 222 g/mol. The molecule has 2 nitrogen and oxygen atoms in total. The Hall–Kier alpha value is -1.00. The molecule has 0 radical (unpaired) electrons. The van der Waals surface area contributed by atoms with Crippen LogP contribution >= 0.6 is 0 Å². The van der Waals surface area contributed by atoms with Gasteiger partial charge in [0, 0.05) is 11.6 Å². The molecule has 0 heterocycles. The van der Waals surface area contributed by atoms with Crippen LogP contribution in [-0.2, 0) is 6.42 Å². The summed E-state index contributed by atoms with van der Waals surface area (Å²) in [6.45, 7) is 2.08. The van der Waals surface area contributed by atoms with E-state index in [4.69, 9.17) is 5.84 Å². The molecule has 0 aliphatic heterocycles. The van der Waals surface area contributed by atoms with E-state index in [1.807, 2.05) is 0 Å². The number of hydrogen-bond acceptors (Lipinski definition) is 2. The van der Waals surface area contributed by atoms with Crippen molar-refractivity contribution in [2.24, 2.45) is 17.7 Å². The molecule has 1 aromatic rings. The first-order valence-corrected chi connectivity index (χ1v) is 6.02. The van der Waals surface area contributed by atoms with Crippen molar-refractivity contribution in [2.75, 3.05) is 0 Å². The van der Waals surface area contributed by atoms with Crippen molar-refractivity contribution >= 4 is 0 Å². The second kappa shape index (κ2) is 5.10. The number of halogens is 2. The second-order valence-corrected chi connectivity index (χ2v) is 4.87. The zero-order chi connectivity index (χ0) is 12.4. The lowest BCUT2D eigenvalue weighted by Gasteiger charge is -2.23. The summed E-state index contributed by atoms with van der Waals surface area (Å²) < 4.78 is 27.0. The van der Waals surface area contributed by atoms with Crippen molar-refractivity contribution in [3.05, 3.63) is 35.4 Å². The van der Waals surface area contributed by atoms with Gasteiger partial charge < -0.3 is 0 Å². The maximum Gasteiger partial charge on any atom is 0.129 e. The number of benzene rings is 1. The Kier molecular flexibility index (Phi) is 3.74. The molecule has 2 atom stereocenters. The largest absolute Gasteiger partial charge is 0.271 e. The van der Waals surface area contributed by atoms with Gasteiger partial charge in [-0.25, -0.2) is 8.78 Å². The van der Waals surface area contributed by atoms with Crippen LogP contribution in [0.3, 0.4) is 0 Å². The lowest BCUT2D eigenvalue weighted by molar-refractivity contribution is 0.337. The standard InChI is InChI=1S/C13H18F2N2/c1-8(9-5-6-9)13(17-16)7-10-11(14)3-2-4-12(10)15/h2-4,8-9,13,17H,5-7,16H2,1H3. The Morgan fingerprint density at radius 3 is 2.41 bits per heavy atom. The summed E-state index contributed by atoms with van der Waals surface area (Å²) in [7, 11) is 0. The third-order valence-electron chi connectivity index (χ3n) is 3.70. The molecule has 1 fully saturated rings. The highest BCUT2D eigenvalue weighted by atomic mass is 19.1. The van der Waals surface area contributed by atoms with Crippen molar-refractivity contribution < 1.29 is 8.78 Å². The highest BCUT2D eigenvalue weighted by Crippen LogP contribution is 2.38. The Balaban J connectivity index is 2.12. The predicted octanol–water partition coefficient (Wildman–Crippen LogP) is 2.39. The summed E-state index contributed by atoms with van der Waals surface area (Å²) in [4.78, 5) is 0. The van der Waals surface area contributed by atoms with Gasteiger partial charge in [0.25, 0.3) is 0 Å². The van der Waals surface area contributed by atoms with Gasteiger partial charge in [-0.2, -0.15) is 0 Å². The zero-order valence-electron chi connectivity index (χ0n) is 9.92. The lowest BCUT2D eigenvalue weighted by Crippen LogP contribution is -2.42. The molecule has 1 saturated carbocycles. The average molecular weight is 240 g/mol. The van der Waals surface area contributed by atoms with Gasteiger partial charge in [0.1, 0.15) is 11.6 Å². The van der Waals surface area contributed by atoms with Crippen molar-refractivity contribution in [2.45, 2.75) is 32.2 Å². The van der Waals surface area contributed by atoms with Crippen LogP contribution in [0.15, 0.2) is 18.2 Å². The van der Waals surface area contributed by atoms with Crippen molar-refractivity contribution in [1.29, 1.82) is 0 Å². The Labute approximate surface area is 100 Å². The average Bonchev–Trinajstić information content (AvgIpc) is 3.12. The van der Waals surface area contributed by atoms with Crippen molar-refractivity contribution in [1.82, 2.24) is 5.43 Å². The van der Waals surface area contributed by atoms with Gasteiger partial charge in [0.05, 0.1) is 0 Å². The minimum Gasteiger partial charge on any atom is -0.271 e. The molecule has 4 heteroatoms. The number of nitrogens with one attached hydrogen (secondary N) is 1. The molecule has 0 aromatic heterocycles. The topological polar surface area (TPSA) is 38.0 Å². The van der Waals surface area contributed by atoms with Crippen molar-refractivity contribution in [3.63, 3.8) is 0 Å². The summed E-state index contributed by atoms with van der Waals surface area (Å²) >= 11 is 0. The van der Waals surface area contributed by atoms with Gasteiger partial charge in [-0.05, 0) is 43.2 Å². The van der Waals surface area contributed by atoms with Crippen LogP contribution < -0.4 is 11.3 Å². The van der Waals surface area contributed by atoms with Gasteiger partial charge in [-0.3, -0.25) is 11.3 Å². The third-order valence-corrected chi connectivity index (χ3v) is 3.70. The fourth-order valence-electron chi connectivity index (χ4n) is 2.29. The van der Waals surface area contributed by atoms with Gasteiger partial charge in [0.15, 0.2) is 0 Å². The van der Waals surface area contributed by atoms with E-state index in [0.29, 0.717) is 18.3 Å². The normalized spacial score (nSPS) is 19.1. The first kappa shape index (κ1) is 12.5. The highest BCUT2D eigenvalue weighted by Gasteiger charge is 2.33. The van der Waals surface area contributed by atoms with E-state index >= 15 is 0 Å². The second-order valence-electron chi connectivity index (χ2n) is 4.87. The number of rotatable bonds is 5. The van der Waals surface area contributed by atoms with Crippen LogP contribution in [0.1, 0.15) is 25.3 Å². The van der Waals surface area contributed by atoms with Crippen LogP contribution in [0.2, 0.25) is 0 Å². The molecule has 0 spiro atoms. The molecule has 94 valence electrons. The van der Waals surface area contributed by atoms with Crippen LogP contribution in [0.25, 0.3) is 0 Å². The van der Waals surface area contributed by atoms with Crippen LogP contribution in [-0.4, -0.2) is 6.04 Å². The highest BCUT2D eigenvalue weighted by molar-refractivity contribution is 5.21. The summed E-state index contributed by atoms with van der Waals surface area (Å²) in [5, 5.41) is 0. The Bertz CT molecular complexity index is 371. The predicted molar refractivity (Wildman–Crippen MR) is 63.1 cm³/mol. The maximum atomic E-state index is 13.5. The number of hydrogen-bond donors (Lipinski definition) is 2.